The molecule has 2 atom stereocenters. The van der Waals surface area contributed by atoms with Crippen molar-refractivity contribution in [3.05, 3.63) is 116 Å². The van der Waals surface area contributed by atoms with Gasteiger partial charge in [0, 0.05) is 49.5 Å². The highest BCUT2D eigenvalue weighted by atomic mass is 28.5. The van der Waals surface area contributed by atoms with Gasteiger partial charge in [-0.2, -0.15) is 0 Å². The second-order valence-corrected chi connectivity index (χ2v) is 25.3. The topological polar surface area (TPSA) is 132 Å². The van der Waals surface area contributed by atoms with Crippen molar-refractivity contribution in [1.82, 2.24) is 9.97 Å². The van der Waals surface area contributed by atoms with E-state index in [-0.39, 0.29) is 11.3 Å². The minimum atomic E-state index is -2.37. The number of ether oxygens (including phenoxy) is 2. The number of rotatable bonds is 28. The van der Waals surface area contributed by atoms with Gasteiger partial charge in [0.1, 0.15) is 11.2 Å². The first-order chi connectivity index (χ1) is 32.4. The summed E-state index contributed by atoms with van der Waals surface area (Å²) < 4.78 is 42.4. The van der Waals surface area contributed by atoms with E-state index in [9.17, 15) is 9.59 Å². The van der Waals surface area contributed by atoms with Crippen LogP contribution in [0.25, 0.3) is 44.2 Å². The minimum absolute atomic E-state index is 0.350. The third-order valence-electron chi connectivity index (χ3n) is 13.0. The Bertz CT molecular complexity index is 2490. The molecule has 0 saturated carbocycles. The second kappa shape index (κ2) is 24.9. The van der Waals surface area contributed by atoms with E-state index in [1.807, 2.05) is 50.2 Å². The first-order valence-electron chi connectivity index (χ1n) is 24.5. The number of fused-ring (bicyclic) bond motifs is 2. The van der Waals surface area contributed by atoms with Gasteiger partial charge >= 0.3 is 28.4 Å². The zero-order valence-electron chi connectivity index (χ0n) is 41.2. The monoisotopic (exact) mass is 948 g/mol. The number of benzene rings is 2. The molecule has 0 aliphatic heterocycles. The van der Waals surface area contributed by atoms with Gasteiger partial charge in [0.25, 0.3) is 0 Å². The average Bonchev–Trinajstić information content (AvgIpc) is 3.32. The van der Waals surface area contributed by atoms with Crippen molar-refractivity contribution >= 4 is 39.1 Å². The molecule has 6 aromatic rings. The normalized spacial score (nSPS) is 13.5. The van der Waals surface area contributed by atoms with Crippen LogP contribution in [-0.2, 0) is 25.8 Å². The maximum absolute atomic E-state index is 13.0. The summed E-state index contributed by atoms with van der Waals surface area (Å²) in [4.78, 5) is 35.1. The number of hydrogen-bond acceptors (Lipinski definition) is 11. The zero-order chi connectivity index (χ0) is 47.8. The number of unbranched alkanes of at least 4 members (excludes halogenated alkanes) is 10. The summed E-state index contributed by atoms with van der Waals surface area (Å²) in [5.41, 5.74) is 7.64. The van der Waals surface area contributed by atoms with Crippen molar-refractivity contribution in [2.75, 3.05) is 27.4 Å². The molecule has 0 amide bonds. The maximum atomic E-state index is 13.0. The largest absolute Gasteiger partial charge is 0.478 e. The molecule has 4 heterocycles. The molecule has 67 heavy (non-hydrogen) atoms. The van der Waals surface area contributed by atoms with Crippen LogP contribution in [0.15, 0.2) is 91.5 Å². The van der Waals surface area contributed by atoms with Gasteiger partial charge in [-0.1, -0.05) is 114 Å². The smallest absolute Gasteiger partial charge is 0.344 e. The SMILES string of the molecule is CCc1cccc(C)c1-c1cc2cnc(OCCCCCCCC[Si](C)(OC)O[Si](C)(CCCCCCCCOc3cc4oc(=O)c(-c5c(C)cccc5CC)cc4cn3)OC)cc2oc1=O. The molecule has 13 heteroatoms. The van der Waals surface area contributed by atoms with Crippen LogP contribution in [0.1, 0.15) is 113 Å². The van der Waals surface area contributed by atoms with Crippen molar-refractivity contribution in [3.63, 3.8) is 0 Å². The van der Waals surface area contributed by atoms with Gasteiger partial charge < -0.3 is 31.3 Å². The standard InChI is InChI=1S/C54H72N2O9Si2/c1-9-41-27-23-25-39(3)51(41)45-33-43-37-55-49(35-47(43)63-53(45)57)61-29-19-15-11-13-17-21-31-66(7,59-5)65-67(8,60-6)32-22-18-14-12-16-20-30-62-50-36-48-44(38-56-50)34-46(54(58)64-48)52-40(4)26-24-28-42(52)10-2/h23-28,33-38H,9-22,29-32H2,1-8H3. The Kier molecular flexibility index (Phi) is 19.1. The van der Waals surface area contributed by atoms with Gasteiger partial charge in [0.2, 0.25) is 11.8 Å². The van der Waals surface area contributed by atoms with Crippen molar-refractivity contribution in [1.29, 1.82) is 0 Å². The molecule has 360 valence electrons. The Balaban J connectivity index is 0.819. The average molecular weight is 949 g/mol. The minimum Gasteiger partial charge on any atom is -0.478 e. The van der Waals surface area contributed by atoms with E-state index in [1.165, 1.54) is 0 Å². The van der Waals surface area contributed by atoms with Crippen LogP contribution in [0.2, 0.25) is 25.2 Å². The van der Waals surface area contributed by atoms with Crippen LogP contribution in [0, 0.1) is 13.8 Å². The Morgan fingerprint density at radius 2 is 0.925 bits per heavy atom. The third kappa shape index (κ3) is 14.1. The molecule has 6 rings (SSSR count). The van der Waals surface area contributed by atoms with E-state index in [4.69, 9.17) is 31.3 Å². The van der Waals surface area contributed by atoms with E-state index in [1.54, 1.807) is 38.7 Å². The van der Waals surface area contributed by atoms with Gasteiger partial charge in [-0.25, -0.2) is 19.6 Å². The summed E-state index contributed by atoms with van der Waals surface area (Å²) in [5, 5.41) is 1.55. The second-order valence-electron chi connectivity index (χ2n) is 18.2. The van der Waals surface area contributed by atoms with Gasteiger partial charge in [-0.3, -0.25) is 0 Å². The lowest BCUT2D eigenvalue weighted by Crippen LogP contribution is -2.51. The van der Waals surface area contributed by atoms with Crippen LogP contribution in [0.3, 0.4) is 0 Å². The lowest BCUT2D eigenvalue weighted by Gasteiger charge is -2.35. The Hall–Kier alpha value is -4.93. The number of nitrogens with zero attached hydrogens (tertiary/aromatic N) is 2. The molecule has 11 nitrogen and oxygen atoms in total. The summed E-state index contributed by atoms with van der Waals surface area (Å²) in [6.07, 6.45) is 18.1. The molecule has 2 aromatic carbocycles. The van der Waals surface area contributed by atoms with Crippen molar-refractivity contribution in [2.24, 2.45) is 0 Å². The number of aryl methyl sites for hydroxylation is 4. The van der Waals surface area contributed by atoms with Gasteiger partial charge in [-0.05, 0) is 110 Å². The molecule has 2 unspecified atom stereocenters. The number of hydrogen-bond donors (Lipinski definition) is 0. The van der Waals surface area contributed by atoms with E-state index >= 15 is 0 Å². The van der Waals surface area contributed by atoms with Crippen LogP contribution >= 0.6 is 0 Å². The summed E-state index contributed by atoms with van der Waals surface area (Å²) in [7, 11) is -1.15. The first-order valence-corrected chi connectivity index (χ1v) is 29.6. The highest BCUT2D eigenvalue weighted by Gasteiger charge is 2.41. The summed E-state index contributed by atoms with van der Waals surface area (Å²) in [6, 6.07) is 21.3. The van der Waals surface area contributed by atoms with Crippen LogP contribution in [-0.4, -0.2) is 54.5 Å². The Labute approximate surface area is 399 Å². The quantitative estimate of drug-likeness (QED) is 0.0344. The fourth-order valence-corrected chi connectivity index (χ4v) is 16.4. The summed E-state index contributed by atoms with van der Waals surface area (Å²) >= 11 is 0. The first kappa shape index (κ1) is 51.5. The Morgan fingerprint density at radius 3 is 1.31 bits per heavy atom. The molecular formula is C54H72N2O9Si2. The molecule has 0 aliphatic rings. The van der Waals surface area contributed by atoms with Gasteiger partial charge in [0.05, 0.1) is 24.3 Å². The predicted octanol–water partition coefficient (Wildman–Crippen LogP) is 13.4. The van der Waals surface area contributed by atoms with Gasteiger partial charge in [-0.15, -0.1) is 0 Å². The van der Waals surface area contributed by atoms with E-state index in [0.29, 0.717) is 47.3 Å². The fraction of sp³-hybridized carbons (Fsp3) is 0.481. The predicted molar refractivity (Wildman–Crippen MR) is 274 cm³/mol. The van der Waals surface area contributed by atoms with E-state index < -0.39 is 17.1 Å². The molecule has 0 radical (unpaired) electrons. The molecule has 0 bridgehead atoms. The van der Waals surface area contributed by atoms with Crippen LogP contribution in [0.5, 0.6) is 11.8 Å². The molecule has 0 N–H and O–H groups in total. The highest BCUT2D eigenvalue weighted by molar-refractivity contribution is 6.80. The highest BCUT2D eigenvalue weighted by Crippen LogP contribution is 2.31. The fourth-order valence-electron chi connectivity index (χ4n) is 9.02. The number of aromatic nitrogens is 2. The van der Waals surface area contributed by atoms with Crippen molar-refractivity contribution < 1.29 is 31.3 Å². The van der Waals surface area contributed by atoms with Crippen molar-refractivity contribution in [2.45, 2.75) is 143 Å². The Morgan fingerprint density at radius 1 is 0.537 bits per heavy atom. The van der Waals surface area contributed by atoms with E-state index in [2.05, 4.69) is 49.0 Å². The summed E-state index contributed by atoms with van der Waals surface area (Å²) in [5.74, 6) is 0.938. The zero-order valence-corrected chi connectivity index (χ0v) is 43.2. The molecule has 0 aliphatic carbocycles. The molecule has 0 fully saturated rings. The molecule has 0 saturated heterocycles. The van der Waals surface area contributed by atoms with Crippen LogP contribution < -0.4 is 20.7 Å². The lowest BCUT2D eigenvalue weighted by atomic mass is 9.94. The lowest BCUT2D eigenvalue weighted by molar-refractivity contribution is 0.238. The third-order valence-corrected chi connectivity index (χ3v) is 20.8. The van der Waals surface area contributed by atoms with E-state index in [0.717, 1.165) is 146 Å². The maximum Gasteiger partial charge on any atom is 0.344 e. The molecule has 0 spiro atoms. The van der Waals surface area contributed by atoms with Crippen molar-refractivity contribution in [3.8, 4) is 34.0 Å². The molecular weight excluding hydrogens is 877 g/mol. The van der Waals surface area contributed by atoms with Gasteiger partial charge in [0.15, 0.2) is 0 Å². The number of pyridine rings is 2. The summed E-state index contributed by atoms with van der Waals surface area (Å²) in [6.45, 7) is 13.7. The van der Waals surface area contributed by atoms with Crippen LogP contribution in [0.4, 0.5) is 0 Å². The molecule has 4 aromatic heterocycles.